The summed E-state index contributed by atoms with van der Waals surface area (Å²) in [5, 5.41) is 6.15. The first-order valence-corrected chi connectivity index (χ1v) is 20.8. The predicted octanol–water partition coefficient (Wildman–Crippen LogP) is 7.36. The van der Waals surface area contributed by atoms with Crippen molar-refractivity contribution in [1.82, 2.24) is 19.9 Å². The molecule has 4 heterocycles. The third-order valence-corrected chi connectivity index (χ3v) is 15.8. The van der Waals surface area contributed by atoms with Crippen molar-refractivity contribution >= 4 is 42.0 Å². The zero-order valence-corrected chi connectivity index (χ0v) is 32.5. The minimum atomic E-state index is -2.65. The summed E-state index contributed by atoms with van der Waals surface area (Å²) in [6.07, 6.45) is 3.05. The summed E-state index contributed by atoms with van der Waals surface area (Å²) in [7, 11) is -2.65. The van der Waals surface area contributed by atoms with Crippen LogP contribution in [0, 0.1) is 0 Å². The van der Waals surface area contributed by atoms with Crippen LogP contribution in [0.15, 0.2) is 115 Å². The van der Waals surface area contributed by atoms with Gasteiger partial charge in [-0.3, -0.25) is 4.90 Å². The van der Waals surface area contributed by atoms with Crippen molar-refractivity contribution in [3.8, 4) is 11.3 Å². The van der Waals surface area contributed by atoms with Crippen molar-refractivity contribution in [2.75, 3.05) is 47.9 Å². The molecule has 2 bridgehead atoms. The summed E-state index contributed by atoms with van der Waals surface area (Å²) in [5.41, 5.74) is 3.02. The van der Waals surface area contributed by atoms with E-state index in [1.54, 1.807) is 0 Å². The van der Waals surface area contributed by atoms with Crippen LogP contribution in [0.3, 0.4) is 0 Å². The fourth-order valence-electron chi connectivity index (χ4n) is 8.33. The van der Waals surface area contributed by atoms with Crippen LogP contribution in [0.5, 0.6) is 0 Å². The van der Waals surface area contributed by atoms with Crippen molar-refractivity contribution in [3.05, 3.63) is 115 Å². The van der Waals surface area contributed by atoms with E-state index in [1.165, 1.54) is 10.4 Å². The molecule has 7 rings (SSSR count). The Balaban J connectivity index is 1.18. The Kier molecular flexibility index (Phi) is 10.5. The molecule has 2 saturated heterocycles. The first-order valence-electron chi connectivity index (χ1n) is 18.9. The molecule has 1 N–H and O–H groups in total. The van der Waals surface area contributed by atoms with Gasteiger partial charge in [-0.2, -0.15) is 4.98 Å². The minimum Gasteiger partial charge on any atom is -0.406 e. The topological polar surface area (TPSA) is 69.7 Å². The number of nitrogens with one attached hydrogen (secondary N) is 1. The van der Waals surface area contributed by atoms with E-state index in [0.29, 0.717) is 31.3 Å². The van der Waals surface area contributed by atoms with Gasteiger partial charge in [0.25, 0.3) is 8.32 Å². The van der Waals surface area contributed by atoms with Crippen LogP contribution in [0.4, 0.5) is 23.3 Å². The zero-order valence-electron chi connectivity index (χ0n) is 31.5. The highest BCUT2D eigenvalue weighted by Gasteiger charge is 2.50. The molecule has 0 aliphatic carbocycles. The van der Waals surface area contributed by atoms with E-state index in [-0.39, 0.29) is 5.04 Å². The fraction of sp³-hybridized carbons (Fsp3) is 0.372. The number of para-hydroxylation sites is 1. The monoisotopic (exact) mass is 711 g/mol. The average Bonchev–Trinajstić information content (AvgIpc) is 3.78. The van der Waals surface area contributed by atoms with Crippen LogP contribution < -0.4 is 25.5 Å². The lowest BCUT2D eigenvalue weighted by Gasteiger charge is -2.43. The Morgan fingerprint density at radius 1 is 0.846 bits per heavy atom. The van der Waals surface area contributed by atoms with Gasteiger partial charge >= 0.3 is 0 Å². The molecule has 2 fully saturated rings. The van der Waals surface area contributed by atoms with Crippen LogP contribution in [0.25, 0.3) is 11.3 Å². The maximum atomic E-state index is 7.21. The van der Waals surface area contributed by atoms with Crippen molar-refractivity contribution in [1.29, 1.82) is 0 Å². The molecular formula is C43H53N7OSi. The Hall–Kier alpha value is -4.57. The molecule has 8 nitrogen and oxygen atoms in total. The first kappa shape index (κ1) is 35.8. The van der Waals surface area contributed by atoms with Crippen LogP contribution >= 0.6 is 0 Å². The molecule has 2 atom stereocenters. The summed E-state index contributed by atoms with van der Waals surface area (Å²) in [6, 6.07) is 39.9. The van der Waals surface area contributed by atoms with Gasteiger partial charge in [-0.05, 0) is 66.9 Å². The fourth-order valence-corrected chi connectivity index (χ4v) is 12.9. The quantitative estimate of drug-likeness (QED) is 0.100. The van der Waals surface area contributed by atoms with Crippen molar-refractivity contribution in [2.24, 2.45) is 0 Å². The number of rotatable bonds is 13. The van der Waals surface area contributed by atoms with Gasteiger partial charge in [-0.25, -0.2) is 9.97 Å². The number of hydrogen-bond acceptors (Lipinski definition) is 8. The lowest BCUT2D eigenvalue weighted by molar-refractivity contribution is 0.191. The Labute approximate surface area is 311 Å². The molecule has 9 heteroatoms. The van der Waals surface area contributed by atoms with Gasteiger partial charge in [0.15, 0.2) is 0 Å². The first-order chi connectivity index (χ1) is 25.2. The number of piperazine rings is 1. The Morgan fingerprint density at radius 3 is 2.08 bits per heavy atom. The SMILES string of the molecule is CCN(c1ccccc1)c1cc(-c2cc(NCCO[Si](c3ccccc3)(c3ccccc3)C(C)(C)C)nc(N3CC4CC3CN4C(C)C)n2)ccn1. The van der Waals surface area contributed by atoms with E-state index in [9.17, 15) is 0 Å². The predicted molar refractivity (Wildman–Crippen MR) is 218 cm³/mol. The van der Waals surface area contributed by atoms with E-state index in [0.717, 1.165) is 60.6 Å². The standard InChI is InChI=1S/C43H53N7OSi/c1-7-48(34-17-11-8-12-18-34)41-27-33(23-24-45-41)39-29-40(47-42(46-39)50-31-35-28-36(50)30-49(35)32(2)3)44-25-26-51-52(43(4,5)6,37-19-13-9-14-20-37)38-21-15-10-16-22-38/h8-24,27,29,32,35-36H,7,25-26,28,30-31H2,1-6H3,(H,44,46,47). The van der Waals surface area contributed by atoms with Gasteiger partial charge in [0, 0.05) is 67.8 Å². The second kappa shape index (κ2) is 15.2. The van der Waals surface area contributed by atoms with E-state index < -0.39 is 8.32 Å². The molecule has 0 saturated carbocycles. The van der Waals surface area contributed by atoms with E-state index in [2.05, 4.69) is 165 Å². The van der Waals surface area contributed by atoms with Gasteiger partial charge in [-0.15, -0.1) is 0 Å². The number of pyridine rings is 1. The maximum absolute atomic E-state index is 7.21. The number of benzene rings is 3. The summed E-state index contributed by atoms with van der Waals surface area (Å²) < 4.78 is 7.21. The number of hydrogen-bond donors (Lipinski definition) is 1. The highest BCUT2D eigenvalue weighted by atomic mass is 28.4. The molecule has 52 heavy (non-hydrogen) atoms. The maximum Gasteiger partial charge on any atom is 0.261 e. The summed E-state index contributed by atoms with van der Waals surface area (Å²) in [4.78, 5) is 22.5. The lowest BCUT2D eigenvalue weighted by Crippen LogP contribution is -2.66. The van der Waals surface area contributed by atoms with Crippen LogP contribution in [0.1, 0.15) is 48.0 Å². The summed E-state index contributed by atoms with van der Waals surface area (Å²) >= 11 is 0. The number of likely N-dealkylation sites (tertiary alicyclic amines) is 1. The van der Waals surface area contributed by atoms with E-state index >= 15 is 0 Å². The second-order valence-electron chi connectivity index (χ2n) is 15.3. The zero-order chi connectivity index (χ0) is 36.3. The van der Waals surface area contributed by atoms with E-state index in [4.69, 9.17) is 19.4 Å². The van der Waals surface area contributed by atoms with E-state index in [1.807, 2.05) is 12.3 Å². The Morgan fingerprint density at radius 2 is 1.50 bits per heavy atom. The molecule has 5 aromatic rings. The number of fused-ring (bicyclic) bond motifs is 2. The number of anilines is 4. The molecule has 0 spiro atoms. The smallest absolute Gasteiger partial charge is 0.261 e. The van der Waals surface area contributed by atoms with Gasteiger partial charge in [0.2, 0.25) is 5.95 Å². The molecule has 0 radical (unpaired) electrons. The molecule has 270 valence electrons. The van der Waals surface area contributed by atoms with Gasteiger partial charge in [-0.1, -0.05) is 99.6 Å². The molecule has 2 aliphatic rings. The van der Waals surface area contributed by atoms with Crippen molar-refractivity contribution < 1.29 is 4.43 Å². The highest BCUT2D eigenvalue weighted by molar-refractivity contribution is 6.99. The van der Waals surface area contributed by atoms with Crippen LogP contribution in [-0.2, 0) is 4.43 Å². The summed E-state index contributed by atoms with van der Waals surface area (Å²) in [6.45, 7) is 17.7. The minimum absolute atomic E-state index is 0.0882. The largest absolute Gasteiger partial charge is 0.406 e. The van der Waals surface area contributed by atoms with Gasteiger partial charge in [0.05, 0.1) is 12.3 Å². The van der Waals surface area contributed by atoms with Crippen molar-refractivity contribution in [2.45, 2.75) is 71.1 Å². The summed E-state index contributed by atoms with van der Waals surface area (Å²) in [5.74, 6) is 2.49. The highest BCUT2D eigenvalue weighted by Crippen LogP contribution is 2.38. The molecule has 2 aliphatic heterocycles. The lowest BCUT2D eigenvalue weighted by atomic mass is 10.1. The van der Waals surface area contributed by atoms with Gasteiger partial charge in [0.1, 0.15) is 11.6 Å². The molecule has 2 unspecified atom stereocenters. The number of aromatic nitrogens is 3. The van der Waals surface area contributed by atoms with Crippen LogP contribution in [0.2, 0.25) is 5.04 Å². The third-order valence-electron chi connectivity index (χ3n) is 10.8. The average molecular weight is 712 g/mol. The van der Waals surface area contributed by atoms with Gasteiger partial charge < -0.3 is 19.5 Å². The van der Waals surface area contributed by atoms with Crippen molar-refractivity contribution in [3.63, 3.8) is 0 Å². The third kappa shape index (κ3) is 7.09. The van der Waals surface area contributed by atoms with Crippen LogP contribution in [-0.4, -0.2) is 79.1 Å². The normalized spacial score (nSPS) is 17.6. The molecular weight excluding hydrogens is 659 g/mol. The molecule has 0 amide bonds. The number of nitrogens with zero attached hydrogens (tertiary/aromatic N) is 6. The molecule has 3 aromatic carbocycles. The molecule has 2 aromatic heterocycles. The second-order valence-corrected chi connectivity index (χ2v) is 19.7. The Bertz CT molecular complexity index is 1880.